The van der Waals surface area contributed by atoms with E-state index >= 15 is 0 Å². The molecule has 0 saturated carbocycles. The van der Waals surface area contributed by atoms with Crippen molar-refractivity contribution in [1.29, 1.82) is 0 Å². The number of hydrogen-bond donors (Lipinski definition) is 0. The van der Waals surface area contributed by atoms with Crippen LogP contribution in [0.15, 0.2) is 91.0 Å². The summed E-state index contributed by atoms with van der Waals surface area (Å²) < 4.78 is 21.1. The highest BCUT2D eigenvalue weighted by Gasteiger charge is 2.10. The zero-order chi connectivity index (χ0) is 29.1. The topological polar surface area (TPSA) is 71.1 Å². The van der Waals surface area contributed by atoms with E-state index in [0.29, 0.717) is 25.2 Å². The highest BCUT2D eigenvalue weighted by Crippen LogP contribution is 2.21. The van der Waals surface area contributed by atoms with Gasteiger partial charge in [-0.1, -0.05) is 54.6 Å². The molecular formula is C34H40O6S. The largest absolute Gasteiger partial charge is 0.493 e. The molecule has 0 bridgehead atoms. The number of para-hydroxylation sites is 1. The van der Waals surface area contributed by atoms with Gasteiger partial charge in [0.2, 0.25) is 0 Å². The fourth-order valence-electron chi connectivity index (χ4n) is 4.07. The molecule has 0 aliphatic rings. The van der Waals surface area contributed by atoms with Gasteiger partial charge in [0.15, 0.2) is 0 Å². The number of ether oxygens (including phenoxy) is 4. The number of carbonyl (C=O) groups is 2. The van der Waals surface area contributed by atoms with Crippen molar-refractivity contribution in [3.05, 3.63) is 108 Å². The minimum atomic E-state index is -0.335. The van der Waals surface area contributed by atoms with Gasteiger partial charge in [-0.05, 0) is 79.0 Å². The number of methoxy groups -OCH3 is 2. The summed E-state index contributed by atoms with van der Waals surface area (Å²) >= 11 is 1.83. The molecule has 3 aromatic carbocycles. The van der Waals surface area contributed by atoms with Crippen LogP contribution < -0.4 is 9.47 Å². The zero-order valence-corrected chi connectivity index (χ0v) is 24.8. The number of aryl methyl sites for hydroxylation is 1. The number of allylic oxidation sites excluding steroid dienone is 1. The molecule has 0 aliphatic heterocycles. The number of hydrogen-bond acceptors (Lipinski definition) is 7. The first-order valence-corrected chi connectivity index (χ1v) is 15.0. The Morgan fingerprint density at radius 1 is 0.780 bits per heavy atom. The van der Waals surface area contributed by atoms with Gasteiger partial charge in [-0.25, -0.2) is 4.79 Å². The van der Waals surface area contributed by atoms with Gasteiger partial charge >= 0.3 is 11.9 Å². The van der Waals surface area contributed by atoms with E-state index in [1.165, 1.54) is 19.8 Å². The molecule has 0 aromatic heterocycles. The molecule has 0 radical (unpaired) electrons. The fourth-order valence-corrected chi connectivity index (χ4v) is 5.22. The van der Waals surface area contributed by atoms with Crippen molar-refractivity contribution in [2.75, 3.05) is 33.2 Å². The second-order valence-corrected chi connectivity index (χ2v) is 10.8. The minimum Gasteiger partial charge on any atom is -0.493 e. The maximum absolute atomic E-state index is 11.7. The van der Waals surface area contributed by atoms with Gasteiger partial charge < -0.3 is 18.9 Å². The Labute approximate surface area is 248 Å². The molecule has 3 rings (SSSR count). The predicted molar refractivity (Wildman–Crippen MR) is 165 cm³/mol. The first-order valence-electron chi connectivity index (χ1n) is 14.0. The Kier molecular flexibility index (Phi) is 14.4. The number of esters is 2. The van der Waals surface area contributed by atoms with Crippen LogP contribution in [-0.2, 0) is 27.1 Å². The Morgan fingerprint density at radius 2 is 1.44 bits per heavy atom. The van der Waals surface area contributed by atoms with Gasteiger partial charge in [-0.15, -0.1) is 0 Å². The van der Waals surface area contributed by atoms with Crippen LogP contribution in [0.1, 0.15) is 47.2 Å². The molecule has 7 heteroatoms. The van der Waals surface area contributed by atoms with Gasteiger partial charge in [0, 0.05) is 18.1 Å². The lowest BCUT2D eigenvalue weighted by atomic mass is 10.1. The molecule has 0 N–H and O–H groups in total. The second kappa shape index (κ2) is 18.6. The Bertz CT molecular complexity index is 1190. The number of carbonyl (C=O) groups excluding carboxylic acids is 2. The lowest BCUT2D eigenvalue weighted by molar-refractivity contribution is -0.140. The number of thioether (sulfide) groups is 1. The van der Waals surface area contributed by atoms with Crippen molar-refractivity contribution in [1.82, 2.24) is 0 Å². The average molecular weight is 577 g/mol. The van der Waals surface area contributed by atoms with Crippen molar-refractivity contribution in [3.8, 4) is 11.5 Å². The smallest absolute Gasteiger partial charge is 0.337 e. The highest BCUT2D eigenvalue weighted by atomic mass is 32.2. The van der Waals surface area contributed by atoms with Gasteiger partial charge in [0.25, 0.3) is 0 Å². The lowest BCUT2D eigenvalue weighted by Crippen LogP contribution is -2.07. The summed E-state index contributed by atoms with van der Waals surface area (Å²) in [6.45, 7) is 1.23. The third kappa shape index (κ3) is 12.6. The molecule has 218 valence electrons. The predicted octanol–water partition coefficient (Wildman–Crippen LogP) is 7.11. The monoisotopic (exact) mass is 576 g/mol. The molecule has 6 nitrogen and oxygen atoms in total. The summed E-state index contributed by atoms with van der Waals surface area (Å²) in [7, 11) is 2.80. The van der Waals surface area contributed by atoms with Crippen LogP contribution in [0, 0.1) is 0 Å². The fraction of sp³-hybridized carbons (Fsp3) is 0.353. The minimum absolute atomic E-state index is 0.176. The van der Waals surface area contributed by atoms with Crippen LogP contribution in [0.25, 0.3) is 0 Å². The van der Waals surface area contributed by atoms with Crippen molar-refractivity contribution in [2.24, 2.45) is 0 Å². The van der Waals surface area contributed by atoms with E-state index < -0.39 is 0 Å². The highest BCUT2D eigenvalue weighted by molar-refractivity contribution is 8.00. The second-order valence-electron chi connectivity index (χ2n) is 9.46. The van der Waals surface area contributed by atoms with Crippen molar-refractivity contribution in [3.63, 3.8) is 0 Å². The van der Waals surface area contributed by atoms with Crippen LogP contribution in [0.2, 0.25) is 0 Å². The van der Waals surface area contributed by atoms with Gasteiger partial charge in [0.05, 0.1) is 33.0 Å². The van der Waals surface area contributed by atoms with E-state index in [9.17, 15) is 9.59 Å². The maximum atomic E-state index is 11.7. The van der Waals surface area contributed by atoms with E-state index in [-0.39, 0.29) is 17.2 Å². The van der Waals surface area contributed by atoms with E-state index in [4.69, 9.17) is 18.9 Å². The summed E-state index contributed by atoms with van der Waals surface area (Å²) in [5, 5.41) is 0.262. The summed E-state index contributed by atoms with van der Waals surface area (Å²) in [6, 6.07) is 25.6. The molecule has 0 saturated heterocycles. The summed E-state index contributed by atoms with van der Waals surface area (Å²) in [5.74, 6) is 2.10. The van der Waals surface area contributed by atoms with Crippen LogP contribution in [0.4, 0.5) is 0 Å². The Balaban J connectivity index is 1.43. The quantitative estimate of drug-likeness (QED) is 0.0908. The molecule has 1 atom stereocenters. The third-order valence-electron chi connectivity index (χ3n) is 6.34. The SMILES string of the molecule is COC(=O)CCCSC(/C=C\CCc1ccc(OCCCOc2ccccc2)cc1)Cc1ccc(C(=O)OC)cc1. The molecule has 0 heterocycles. The maximum Gasteiger partial charge on any atom is 0.337 e. The van der Waals surface area contributed by atoms with Crippen LogP contribution in [0.5, 0.6) is 11.5 Å². The standard InChI is InChI=1S/C34H40O6S/c1-37-33(35)14-8-25-41-32(26-28-15-19-29(20-16-28)34(36)38-2)13-7-6-10-27-17-21-31(22-18-27)40-24-9-23-39-30-11-4-3-5-12-30/h3-5,7,11-13,15-22,32H,6,8-10,14,23-26H2,1-2H3/b13-7-. The zero-order valence-electron chi connectivity index (χ0n) is 24.0. The number of benzene rings is 3. The third-order valence-corrected chi connectivity index (χ3v) is 7.62. The Morgan fingerprint density at radius 3 is 2.10 bits per heavy atom. The molecular weight excluding hydrogens is 536 g/mol. The Hall–Kier alpha value is -3.71. The molecule has 0 fully saturated rings. The molecule has 1 unspecified atom stereocenters. The average Bonchev–Trinajstić information content (AvgIpc) is 3.02. The first-order chi connectivity index (χ1) is 20.1. The van der Waals surface area contributed by atoms with E-state index in [2.05, 4.69) is 24.3 Å². The number of rotatable bonds is 18. The van der Waals surface area contributed by atoms with E-state index in [1.807, 2.05) is 66.4 Å². The van der Waals surface area contributed by atoms with Crippen LogP contribution in [0.3, 0.4) is 0 Å². The van der Waals surface area contributed by atoms with Gasteiger partial charge in [-0.3, -0.25) is 4.79 Å². The molecule has 41 heavy (non-hydrogen) atoms. The van der Waals surface area contributed by atoms with Crippen molar-refractivity contribution in [2.45, 2.75) is 43.8 Å². The van der Waals surface area contributed by atoms with E-state index in [1.54, 1.807) is 12.1 Å². The first kappa shape index (κ1) is 31.8. The van der Waals surface area contributed by atoms with Crippen LogP contribution >= 0.6 is 11.8 Å². The molecule has 0 amide bonds. The normalized spacial score (nSPS) is 11.7. The van der Waals surface area contributed by atoms with Crippen molar-refractivity contribution >= 4 is 23.7 Å². The molecule has 3 aromatic rings. The summed E-state index contributed by atoms with van der Waals surface area (Å²) in [4.78, 5) is 23.2. The molecule has 0 spiro atoms. The van der Waals surface area contributed by atoms with Crippen molar-refractivity contribution < 1.29 is 28.5 Å². The van der Waals surface area contributed by atoms with Crippen LogP contribution in [-0.4, -0.2) is 50.4 Å². The lowest BCUT2D eigenvalue weighted by Gasteiger charge is -2.13. The van der Waals surface area contributed by atoms with E-state index in [0.717, 1.165) is 54.9 Å². The summed E-state index contributed by atoms with van der Waals surface area (Å²) in [6.07, 6.45) is 9.21. The summed E-state index contributed by atoms with van der Waals surface area (Å²) in [5.41, 5.74) is 2.95. The van der Waals surface area contributed by atoms with Gasteiger partial charge in [0.1, 0.15) is 11.5 Å². The molecule has 0 aliphatic carbocycles. The van der Waals surface area contributed by atoms with Gasteiger partial charge in [-0.2, -0.15) is 11.8 Å².